The van der Waals surface area contributed by atoms with Crippen molar-refractivity contribution in [3.63, 3.8) is 0 Å². The van der Waals surface area contributed by atoms with Crippen molar-refractivity contribution in [2.24, 2.45) is 0 Å². The summed E-state index contributed by atoms with van der Waals surface area (Å²) in [4.78, 5) is 14.5. The summed E-state index contributed by atoms with van der Waals surface area (Å²) in [6, 6.07) is 0.140. The van der Waals surface area contributed by atoms with E-state index in [1.54, 1.807) is 9.80 Å². The Kier molecular flexibility index (Phi) is 15.1. The van der Waals surface area contributed by atoms with Crippen LogP contribution in [0.2, 0.25) is 0 Å². The molecule has 15 heavy (non-hydrogen) atoms. The summed E-state index contributed by atoms with van der Waals surface area (Å²) in [6.45, 7) is -1.85. The summed E-state index contributed by atoms with van der Waals surface area (Å²) < 4.78 is 29.0. The number of urea groups is 1. The van der Waals surface area contributed by atoms with Crippen molar-refractivity contribution in [2.45, 2.75) is 13.1 Å². The third kappa shape index (κ3) is 10.7. The van der Waals surface area contributed by atoms with Gasteiger partial charge in [0, 0.05) is 27.2 Å². The summed E-state index contributed by atoms with van der Waals surface area (Å²) in [7, 11) is 3.66. The van der Waals surface area contributed by atoms with Crippen LogP contribution >= 0.6 is 0 Å². The van der Waals surface area contributed by atoms with E-state index in [2.05, 4.69) is 0 Å². The number of rotatable bonds is 0. The zero-order valence-corrected chi connectivity index (χ0v) is 13.8. The molecule has 86 valence electrons. The Morgan fingerprint density at radius 1 is 1.13 bits per heavy atom. The Morgan fingerprint density at radius 3 is 1.60 bits per heavy atom. The molecule has 1 heterocycles. The second-order valence-corrected chi connectivity index (χ2v) is 2.73. The van der Waals surface area contributed by atoms with Gasteiger partial charge in [-0.3, -0.25) is 0 Å². The number of alkyl halides is 3. The van der Waals surface area contributed by atoms with E-state index in [4.69, 9.17) is 0 Å². The SMILES string of the molecule is CN1CCCN(C)C1=O.FC(F)F.[I-].[Zn+2]. The van der Waals surface area contributed by atoms with E-state index < -0.39 is 6.68 Å². The van der Waals surface area contributed by atoms with Gasteiger partial charge in [0.25, 0.3) is 0 Å². The molecule has 1 aliphatic heterocycles. The van der Waals surface area contributed by atoms with Gasteiger partial charge >= 0.3 is 32.2 Å². The number of halogens is 4. The maximum Gasteiger partial charge on any atom is 2.00 e. The van der Waals surface area contributed by atoms with Gasteiger partial charge < -0.3 is 33.8 Å². The molecule has 0 aliphatic carbocycles. The number of carbonyl (C=O) groups excluding carboxylic acids is 1. The third-order valence-electron chi connectivity index (χ3n) is 1.64. The predicted molar refractivity (Wildman–Crippen MR) is 42.4 cm³/mol. The van der Waals surface area contributed by atoms with Crippen LogP contribution in [0.3, 0.4) is 0 Å². The van der Waals surface area contributed by atoms with Gasteiger partial charge in [-0.1, -0.05) is 0 Å². The summed E-state index contributed by atoms with van der Waals surface area (Å²) >= 11 is 0. The molecule has 0 aromatic heterocycles. The van der Waals surface area contributed by atoms with E-state index in [0.717, 1.165) is 19.5 Å². The molecular weight excluding hydrogens is 377 g/mol. The topological polar surface area (TPSA) is 23.6 Å². The number of amides is 2. The summed E-state index contributed by atoms with van der Waals surface area (Å²) in [5.41, 5.74) is 0. The fraction of sp³-hybridized carbons (Fsp3) is 0.857. The zero-order chi connectivity index (χ0) is 10.4. The van der Waals surface area contributed by atoms with Gasteiger partial charge in [0.05, 0.1) is 0 Å². The van der Waals surface area contributed by atoms with Gasteiger partial charge in [0.2, 0.25) is 0 Å². The van der Waals surface area contributed by atoms with Crippen molar-refractivity contribution in [3.8, 4) is 0 Å². The van der Waals surface area contributed by atoms with Crippen LogP contribution in [-0.4, -0.2) is 49.7 Å². The molecule has 0 unspecified atom stereocenters. The molecule has 0 N–H and O–H groups in total. The molecule has 0 spiro atoms. The molecule has 0 saturated carbocycles. The van der Waals surface area contributed by atoms with Gasteiger partial charge in [-0.25, -0.2) is 4.79 Å². The minimum absolute atomic E-state index is 0. The molecule has 3 nitrogen and oxygen atoms in total. The first-order valence-electron chi connectivity index (χ1n) is 3.83. The van der Waals surface area contributed by atoms with Crippen molar-refractivity contribution in [1.29, 1.82) is 0 Å². The van der Waals surface area contributed by atoms with Gasteiger partial charge in [0.1, 0.15) is 0 Å². The fourth-order valence-corrected chi connectivity index (χ4v) is 1.03. The first-order chi connectivity index (χ1) is 5.95. The van der Waals surface area contributed by atoms with E-state index in [0.29, 0.717) is 0 Å². The molecule has 8 heteroatoms. The largest absolute Gasteiger partial charge is 2.00 e. The molecule has 0 aromatic carbocycles. The minimum atomic E-state index is -3.67. The molecule has 2 amide bonds. The Morgan fingerprint density at radius 2 is 1.40 bits per heavy atom. The molecule has 1 aliphatic rings. The summed E-state index contributed by atoms with van der Waals surface area (Å²) in [5, 5.41) is 0. The van der Waals surface area contributed by atoms with Crippen LogP contribution < -0.4 is 24.0 Å². The number of nitrogens with zero attached hydrogens (tertiary/aromatic N) is 2. The van der Waals surface area contributed by atoms with E-state index in [1.807, 2.05) is 14.1 Å². The second kappa shape index (κ2) is 10.9. The first-order valence-corrected chi connectivity index (χ1v) is 3.83. The van der Waals surface area contributed by atoms with Crippen molar-refractivity contribution >= 4 is 6.03 Å². The van der Waals surface area contributed by atoms with Crippen LogP contribution in [0.25, 0.3) is 0 Å². The number of hydrogen-bond acceptors (Lipinski definition) is 1. The monoisotopic (exact) mass is 389 g/mol. The van der Waals surface area contributed by atoms with Crippen LogP contribution in [-0.2, 0) is 19.5 Å². The average Bonchev–Trinajstić information content (AvgIpc) is 1.99. The van der Waals surface area contributed by atoms with Gasteiger partial charge in [-0.15, -0.1) is 0 Å². The zero-order valence-electron chi connectivity index (χ0n) is 8.72. The molecule has 1 saturated heterocycles. The Bertz CT molecular complexity index is 162. The first kappa shape index (κ1) is 20.8. The van der Waals surface area contributed by atoms with E-state index in [-0.39, 0.29) is 49.5 Å². The smallest absolute Gasteiger partial charge is 1.00 e. The molecule has 0 radical (unpaired) electrons. The Hall–Kier alpha value is 0.413. The maximum atomic E-state index is 11.0. The van der Waals surface area contributed by atoms with Gasteiger partial charge in [-0.05, 0) is 6.42 Å². The van der Waals surface area contributed by atoms with Crippen molar-refractivity contribution in [1.82, 2.24) is 9.80 Å². The third-order valence-corrected chi connectivity index (χ3v) is 1.64. The quantitative estimate of drug-likeness (QED) is 0.367. The normalized spacial score (nSPS) is 14.9. The Balaban J connectivity index is -0.000000213. The molecule has 0 bridgehead atoms. The molecule has 1 rings (SSSR count). The van der Waals surface area contributed by atoms with E-state index in [1.165, 1.54) is 0 Å². The molecule has 0 aromatic rings. The standard InChI is InChI=1S/C6H12N2O.CHF3.HI.Zn/c1-7-4-3-5-8(2)6(7)9;2-1(3)4;;/h3-5H2,1-2H3;1H;1H;/q;;;+2/p-1. The van der Waals surface area contributed by atoms with Crippen molar-refractivity contribution in [2.75, 3.05) is 27.2 Å². The van der Waals surface area contributed by atoms with E-state index >= 15 is 0 Å². The van der Waals surface area contributed by atoms with Crippen LogP contribution in [0.15, 0.2) is 0 Å². The van der Waals surface area contributed by atoms with Crippen LogP contribution in [0.5, 0.6) is 0 Å². The molecular formula is C7H13F3IN2OZn+. The number of carbonyl (C=O) groups is 1. The Labute approximate surface area is 117 Å². The second-order valence-electron chi connectivity index (χ2n) is 2.73. The van der Waals surface area contributed by atoms with Crippen molar-refractivity contribution in [3.05, 3.63) is 0 Å². The predicted octanol–water partition coefficient (Wildman–Crippen LogP) is -1.45. The van der Waals surface area contributed by atoms with Crippen LogP contribution in [0, 0.1) is 0 Å². The summed E-state index contributed by atoms with van der Waals surface area (Å²) in [5.74, 6) is 0. The molecule has 0 atom stereocenters. The fourth-order valence-electron chi connectivity index (χ4n) is 1.03. The molecule has 1 fully saturated rings. The number of hydrogen-bond donors (Lipinski definition) is 0. The van der Waals surface area contributed by atoms with E-state index in [9.17, 15) is 18.0 Å². The van der Waals surface area contributed by atoms with Gasteiger partial charge in [0.15, 0.2) is 0 Å². The minimum Gasteiger partial charge on any atom is -1.00 e. The van der Waals surface area contributed by atoms with Crippen LogP contribution in [0.4, 0.5) is 18.0 Å². The van der Waals surface area contributed by atoms with Crippen LogP contribution in [0.1, 0.15) is 6.42 Å². The summed E-state index contributed by atoms with van der Waals surface area (Å²) in [6.07, 6.45) is 1.10. The average molecular weight is 390 g/mol. The maximum absolute atomic E-state index is 11.0. The van der Waals surface area contributed by atoms with Crippen molar-refractivity contribution < 1.29 is 61.4 Å². The van der Waals surface area contributed by atoms with Gasteiger partial charge in [-0.2, -0.15) is 13.2 Å².